The van der Waals surface area contributed by atoms with Crippen LogP contribution in [0.4, 0.5) is 0 Å². The third-order valence-electron chi connectivity index (χ3n) is 2.72. The molecule has 0 amide bonds. The lowest BCUT2D eigenvalue weighted by Gasteiger charge is -2.14. The average molecular weight is 311 g/mol. The van der Waals surface area contributed by atoms with Crippen molar-refractivity contribution < 1.29 is 0 Å². The van der Waals surface area contributed by atoms with Crippen LogP contribution in [0.5, 0.6) is 0 Å². The molecule has 1 atom stereocenters. The summed E-state index contributed by atoms with van der Waals surface area (Å²) in [5.41, 5.74) is 3.53. The highest BCUT2D eigenvalue weighted by molar-refractivity contribution is 9.11. The van der Waals surface area contributed by atoms with E-state index < -0.39 is 0 Å². The molecule has 0 spiro atoms. The van der Waals surface area contributed by atoms with Crippen molar-refractivity contribution in [2.24, 2.45) is 0 Å². The van der Waals surface area contributed by atoms with Gasteiger partial charge in [0.1, 0.15) is 0 Å². The zero-order valence-electron chi connectivity index (χ0n) is 10.1. The Kier molecular flexibility index (Phi) is 3.97. The summed E-state index contributed by atoms with van der Waals surface area (Å²) in [6.07, 6.45) is 1.94. The SMILES string of the molecule is CNC(c1ccc(C)nc1)c1cc(C)c(Br)s1. The van der Waals surface area contributed by atoms with Gasteiger partial charge in [0, 0.05) is 16.8 Å². The number of thiophene rings is 1. The summed E-state index contributed by atoms with van der Waals surface area (Å²) in [7, 11) is 1.98. The molecule has 2 rings (SSSR count). The van der Waals surface area contributed by atoms with Crippen molar-refractivity contribution in [1.29, 1.82) is 0 Å². The Bertz CT molecular complexity index is 485. The van der Waals surface area contributed by atoms with E-state index in [1.807, 2.05) is 20.2 Å². The molecule has 2 aromatic heterocycles. The van der Waals surface area contributed by atoms with Crippen LogP contribution in [-0.4, -0.2) is 12.0 Å². The van der Waals surface area contributed by atoms with E-state index in [1.165, 1.54) is 19.8 Å². The lowest BCUT2D eigenvalue weighted by atomic mass is 10.1. The molecule has 90 valence electrons. The van der Waals surface area contributed by atoms with Gasteiger partial charge in [-0.15, -0.1) is 11.3 Å². The Morgan fingerprint density at radius 2 is 2.12 bits per heavy atom. The fourth-order valence-electron chi connectivity index (χ4n) is 1.75. The van der Waals surface area contributed by atoms with Gasteiger partial charge in [0.15, 0.2) is 0 Å². The topological polar surface area (TPSA) is 24.9 Å². The van der Waals surface area contributed by atoms with Gasteiger partial charge in [0.05, 0.1) is 9.83 Å². The first-order valence-corrected chi connectivity index (χ1v) is 7.08. The molecule has 0 aliphatic carbocycles. The van der Waals surface area contributed by atoms with E-state index in [0.29, 0.717) is 0 Å². The van der Waals surface area contributed by atoms with Gasteiger partial charge >= 0.3 is 0 Å². The lowest BCUT2D eigenvalue weighted by Crippen LogP contribution is -2.16. The number of halogens is 1. The van der Waals surface area contributed by atoms with Gasteiger partial charge in [-0.25, -0.2) is 0 Å². The summed E-state index contributed by atoms with van der Waals surface area (Å²) >= 11 is 5.35. The highest BCUT2D eigenvalue weighted by atomic mass is 79.9. The second-order valence-corrected chi connectivity index (χ2v) is 6.46. The van der Waals surface area contributed by atoms with Gasteiger partial charge in [-0.05, 0) is 60.1 Å². The van der Waals surface area contributed by atoms with E-state index >= 15 is 0 Å². The van der Waals surface area contributed by atoms with Crippen molar-refractivity contribution in [3.63, 3.8) is 0 Å². The van der Waals surface area contributed by atoms with Gasteiger partial charge in [0.2, 0.25) is 0 Å². The number of hydrogen-bond donors (Lipinski definition) is 1. The van der Waals surface area contributed by atoms with Crippen LogP contribution in [0.3, 0.4) is 0 Å². The smallest absolute Gasteiger partial charge is 0.0731 e. The lowest BCUT2D eigenvalue weighted by molar-refractivity contribution is 0.699. The Morgan fingerprint density at radius 1 is 1.35 bits per heavy atom. The van der Waals surface area contributed by atoms with Crippen molar-refractivity contribution >= 4 is 27.3 Å². The molecule has 2 heterocycles. The first kappa shape index (κ1) is 12.7. The number of nitrogens with zero attached hydrogens (tertiary/aromatic N) is 1. The highest BCUT2D eigenvalue weighted by Crippen LogP contribution is 2.33. The summed E-state index contributed by atoms with van der Waals surface area (Å²) in [5.74, 6) is 0. The summed E-state index contributed by atoms with van der Waals surface area (Å²) in [6, 6.07) is 6.62. The van der Waals surface area contributed by atoms with Gasteiger partial charge in [-0.3, -0.25) is 4.98 Å². The quantitative estimate of drug-likeness (QED) is 0.932. The molecule has 0 fully saturated rings. The maximum absolute atomic E-state index is 4.36. The van der Waals surface area contributed by atoms with Crippen LogP contribution in [0.2, 0.25) is 0 Å². The molecule has 0 saturated heterocycles. The van der Waals surface area contributed by atoms with Gasteiger partial charge in [0.25, 0.3) is 0 Å². The third kappa shape index (κ3) is 2.76. The average Bonchev–Trinajstić information content (AvgIpc) is 2.63. The first-order valence-electron chi connectivity index (χ1n) is 5.47. The van der Waals surface area contributed by atoms with E-state index in [-0.39, 0.29) is 6.04 Å². The zero-order chi connectivity index (χ0) is 12.4. The van der Waals surface area contributed by atoms with Crippen LogP contribution in [0.25, 0.3) is 0 Å². The molecular weight excluding hydrogens is 296 g/mol. The second-order valence-electron chi connectivity index (χ2n) is 4.06. The van der Waals surface area contributed by atoms with Crippen molar-refractivity contribution in [2.45, 2.75) is 19.9 Å². The standard InChI is InChI=1S/C13H15BrN2S/c1-8-6-11(17-13(8)14)12(15-3)10-5-4-9(2)16-7-10/h4-7,12,15H,1-3H3. The molecule has 4 heteroatoms. The Morgan fingerprint density at radius 3 is 2.59 bits per heavy atom. The molecule has 0 radical (unpaired) electrons. The predicted octanol–water partition coefficient (Wildman–Crippen LogP) is 3.83. The van der Waals surface area contributed by atoms with E-state index in [1.54, 1.807) is 11.3 Å². The van der Waals surface area contributed by atoms with Crippen LogP contribution < -0.4 is 5.32 Å². The molecule has 1 N–H and O–H groups in total. The Balaban J connectivity index is 2.36. The van der Waals surface area contributed by atoms with E-state index in [0.717, 1.165) is 5.69 Å². The number of aryl methyl sites for hydroxylation is 2. The van der Waals surface area contributed by atoms with Crippen molar-refractivity contribution in [2.75, 3.05) is 7.05 Å². The summed E-state index contributed by atoms with van der Waals surface area (Å²) in [4.78, 5) is 5.66. The third-order valence-corrected chi connectivity index (χ3v) is 4.92. The molecule has 0 saturated carbocycles. The van der Waals surface area contributed by atoms with Crippen LogP contribution in [0.15, 0.2) is 28.2 Å². The number of hydrogen-bond acceptors (Lipinski definition) is 3. The van der Waals surface area contributed by atoms with Gasteiger partial charge < -0.3 is 5.32 Å². The molecule has 0 aromatic carbocycles. The number of pyridine rings is 1. The number of rotatable bonds is 3. The van der Waals surface area contributed by atoms with Crippen molar-refractivity contribution in [3.05, 3.63) is 49.9 Å². The van der Waals surface area contributed by atoms with Crippen LogP contribution >= 0.6 is 27.3 Å². The second kappa shape index (κ2) is 5.29. The van der Waals surface area contributed by atoms with Crippen LogP contribution in [-0.2, 0) is 0 Å². The minimum atomic E-state index is 0.220. The number of nitrogens with one attached hydrogen (secondary N) is 1. The normalized spacial score (nSPS) is 12.7. The minimum absolute atomic E-state index is 0.220. The zero-order valence-corrected chi connectivity index (χ0v) is 12.5. The van der Waals surface area contributed by atoms with E-state index in [2.05, 4.69) is 51.4 Å². The Labute approximate surface area is 114 Å². The molecule has 0 aliphatic rings. The van der Waals surface area contributed by atoms with Gasteiger partial charge in [-0.2, -0.15) is 0 Å². The fraction of sp³-hybridized carbons (Fsp3) is 0.308. The first-order chi connectivity index (χ1) is 8.11. The van der Waals surface area contributed by atoms with Crippen molar-refractivity contribution in [3.8, 4) is 0 Å². The molecule has 2 aromatic rings. The molecular formula is C13H15BrN2S. The monoisotopic (exact) mass is 310 g/mol. The van der Waals surface area contributed by atoms with Crippen LogP contribution in [0, 0.1) is 13.8 Å². The van der Waals surface area contributed by atoms with E-state index in [9.17, 15) is 0 Å². The molecule has 0 bridgehead atoms. The number of aromatic nitrogens is 1. The molecule has 0 aliphatic heterocycles. The minimum Gasteiger partial charge on any atom is -0.309 e. The van der Waals surface area contributed by atoms with Crippen molar-refractivity contribution in [1.82, 2.24) is 10.3 Å². The maximum atomic E-state index is 4.36. The predicted molar refractivity (Wildman–Crippen MR) is 76.6 cm³/mol. The summed E-state index contributed by atoms with van der Waals surface area (Å²) in [5, 5.41) is 3.34. The highest BCUT2D eigenvalue weighted by Gasteiger charge is 2.15. The molecule has 1 unspecified atom stereocenters. The Hall–Kier alpha value is -0.710. The van der Waals surface area contributed by atoms with Crippen LogP contribution in [0.1, 0.15) is 27.7 Å². The van der Waals surface area contributed by atoms with Gasteiger partial charge in [-0.1, -0.05) is 6.07 Å². The summed E-state index contributed by atoms with van der Waals surface area (Å²) in [6.45, 7) is 4.12. The maximum Gasteiger partial charge on any atom is 0.0731 e. The largest absolute Gasteiger partial charge is 0.309 e. The summed E-state index contributed by atoms with van der Waals surface area (Å²) < 4.78 is 1.20. The molecule has 2 nitrogen and oxygen atoms in total. The molecule has 17 heavy (non-hydrogen) atoms. The fourth-order valence-corrected chi connectivity index (χ4v) is 3.46. The van der Waals surface area contributed by atoms with E-state index in [4.69, 9.17) is 0 Å².